The topological polar surface area (TPSA) is 75.6 Å². The maximum Gasteiger partial charge on any atom is 0.258 e. The van der Waals surface area contributed by atoms with Gasteiger partial charge >= 0.3 is 0 Å². The van der Waals surface area contributed by atoms with Gasteiger partial charge in [0.1, 0.15) is 5.69 Å². The van der Waals surface area contributed by atoms with Crippen LogP contribution in [0.3, 0.4) is 0 Å². The fourth-order valence-corrected chi connectivity index (χ4v) is 2.08. The minimum atomic E-state index is 0.426. The lowest BCUT2D eigenvalue weighted by atomic mass is 10.1. The van der Waals surface area contributed by atoms with E-state index < -0.39 is 0 Å². The van der Waals surface area contributed by atoms with Gasteiger partial charge in [-0.2, -0.15) is 10.2 Å². The molecule has 0 spiro atoms. The molecule has 0 aliphatic carbocycles. The lowest BCUT2D eigenvalue weighted by Crippen LogP contribution is -1.88. The van der Waals surface area contributed by atoms with Crippen LogP contribution in [-0.4, -0.2) is 15.1 Å². The Bertz CT molecular complexity index is 845. The summed E-state index contributed by atoms with van der Waals surface area (Å²) in [6, 6.07) is 13.1. The van der Waals surface area contributed by atoms with E-state index in [-0.39, 0.29) is 0 Å². The van der Waals surface area contributed by atoms with Crippen molar-refractivity contribution in [3.8, 4) is 29.0 Å². The van der Waals surface area contributed by atoms with Crippen molar-refractivity contribution in [1.29, 1.82) is 5.26 Å². The average molecular weight is 276 g/mol. The van der Waals surface area contributed by atoms with Crippen molar-refractivity contribution in [2.75, 3.05) is 0 Å². The maximum absolute atomic E-state index is 8.89. The van der Waals surface area contributed by atoms with Crippen LogP contribution in [0.2, 0.25) is 0 Å². The highest BCUT2D eigenvalue weighted by Gasteiger charge is 2.13. The molecule has 5 nitrogen and oxygen atoms in total. The Labute approximate surface area is 121 Å². The predicted octanol–water partition coefficient (Wildman–Crippen LogP) is 3.29. The number of pyridine rings is 1. The van der Waals surface area contributed by atoms with Crippen molar-refractivity contribution in [2.45, 2.75) is 13.8 Å². The number of nitriles is 1. The number of nitrogens with zero attached hydrogens (tertiary/aromatic N) is 4. The molecule has 0 unspecified atom stereocenters. The number of hydrogen-bond acceptors (Lipinski definition) is 5. The summed E-state index contributed by atoms with van der Waals surface area (Å²) in [5.74, 6) is 0.882. The molecule has 0 saturated carbocycles. The Morgan fingerprint density at radius 1 is 1.10 bits per heavy atom. The smallest absolute Gasteiger partial charge is 0.258 e. The molecular formula is C16H12N4O. The van der Waals surface area contributed by atoms with E-state index in [4.69, 9.17) is 9.78 Å². The van der Waals surface area contributed by atoms with E-state index in [1.54, 1.807) is 12.1 Å². The van der Waals surface area contributed by atoms with E-state index >= 15 is 0 Å². The van der Waals surface area contributed by atoms with Crippen LogP contribution in [0.1, 0.15) is 16.8 Å². The van der Waals surface area contributed by atoms with Gasteiger partial charge in [-0.25, -0.2) is 4.98 Å². The number of hydrogen-bond donors (Lipinski definition) is 0. The number of rotatable bonds is 2. The quantitative estimate of drug-likeness (QED) is 0.717. The van der Waals surface area contributed by atoms with Gasteiger partial charge in [0.2, 0.25) is 5.82 Å². The highest BCUT2D eigenvalue weighted by Crippen LogP contribution is 2.24. The van der Waals surface area contributed by atoms with Gasteiger partial charge < -0.3 is 4.52 Å². The Morgan fingerprint density at radius 3 is 2.67 bits per heavy atom. The van der Waals surface area contributed by atoms with Gasteiger partial charge in [0, 0.05) is 11.3 Å². The third-order valence-corrected chi connectivity index (χ3v) is 3.13. The molecule has 0 aliphatic heterocycles. The SMILES string of the molecule is Cc1cccc(-c2noc(-c3ccc(C#N)cc3C)n2)n1. The average Bonchev–Trinajstić information content (AvgIpc) is 2.96. The monoisotopic (exact) mass is 276 g/mol. The van der Waals surface area contributed by atoms with Crippen LogP contribution >= 0.6 is 0 Å². The summed E-state index contributed by atoms with van der Waals surface area (Å²) < 4.78 is 5.32. The third-order valence-electron chi connectivity index (χ3n) is 3.13. The van der Waals surface area contributed by atoms with E-state index in [0.717, 1.165) is 16.8 Å². The zero-order chi connectivity index (χ0) is 14.8. The Kier molecular flexibility index (Phi) is 3.20. The van der Waals surface area contributed by atoms with Crippen LogP contribution in [0.4, 0.5) is 0 Å². The second-order valence-electron chi connectivity index (χ2n) is 4.73. The zero-order valence-corrected chi connectivity index (χ0v) is 11.7. The molecule has 0 atom stereocenters. The summed E-state index contributed by atoms with van der Waals surface area (Å²) in [5.41, 5.74) is 3.92. The largest absolute Gasteiger partial charge is 0.334 e. The summed E-state index contributed by atoms with van der Waals surface area (Å²) in [6.45, 7) is 3.82. The summed E-state index contributed by atoms with van der Waals surface area (Å²) in [6.07, 6.45) is 0. The molecule has 21 heavy (non-hydrogen) atoms. The minimum absolute atomic E-state index is 0.426. The number of benzene rings is 1. The zero-order valence-electron chi connectivity index (χ0n) is 11.7. The molecule has 0 N–H and O–H groups in total. The molecule has 1 aromatic carbocycles. The summed E-state index contributed by atoms with van der Waals surface area (Å²) in [7, 11) is 0. The van der Waals surface area contributed by atoms with Crippen LogP contribution in [-0.2, 0) is 0 Å². The fraction of sp³-hybridized carbons (Fsp3) is 0.125. The maximum atomic E-state index is 8.89. The van der Waals surface area contributed by atoms with E-state index in [1.165, 1.54) is 0 Å². The second-order valence-corrected chi connectivity index (χ2v) is 4.73. The molecule has 3 aromatic rings. The van der Waals surface area contributed by atoms with Gasteiger partial charge in [-0.05, 0) is 49.7 Å². The molecule has 0 fully saturated rings. The van der Waals surface area contributed by atoms with Crippen molar-refractivity contribution in [3.63, 3.8) is 0 Å². The molecular weight excluding hydrogens is 264 g/mol. The van der Waals surface area contributed by atoms with E-state index in [0.29, 0.717) is 23.0 Å². The minimum Gasteiger partial charge on any atom is -0.334 e. The molecule has 2 aromatic heterocycles. The van der Waals surface area contributed by atoms with Crippen LogP contribution < -0.4 is 0 Å². The van der Waals surface area contributed by atoms with Gasteiger partial charge in [-0.1, -0.05) is 11.2 Å². The van der Waals surface area contributed by atoms with Gasteiger partial charge in [-0.15, -0.1) is 0 Å². The fourth-order valence-electron chi connectivity index (χ4n) is 2.08. The summed E-state index contributed by atoms with van der Waals surface area (Å²) in [4.78, 5) is 8.76. The molecule has 0 saturated heterocycles. The lowest BCUT2D eigenvalue weighted by Gasteiger charge is -2.00. The number of aryl methyl sites for hydroxylation is 2. The first-order valence-electron chi connectivity index (χ1n) is 6.46. The van der Waals surface area contributed by atoms with E-state index in [2.05, 4.69) is 21.2 Å². The van der Waals surface area contributed by atoms with E-state index in [1.807, 2.05) is 38.1 Å². The lowest BCUT2D eigenvalue weighted by molar-refractivity contribution is 0.432. The summed E-state index contributed by atoms with van der Waals surface area (Å²) >= 11 is 0. The number of aromatic nitrogens is 3. The van der Waals surface area contributed by atoms with Crippen LogP contribution in [0.25, 0.3) is 23.0 Å². The molecule has 102 valence electrons. The summed E-state index contributed by atoms with van der Waals surface area (Å²) in [5, 5.41) is 12.9. The van der Waals surface area contributed by atoms with Crippen molar-refractivity contribution in [1.82, 2.24) is 15.1 Å². The van der Waals surface area contributed by atoms with Crippen molar-refractivity contribution in [2.24, 2.45) is 0 Å². The Morgan fingerprint density at radius 2 is 1.95 bits per heavy atom. The van der Waals surface area contributed by atoms with Gasteiger partial charge in [-0.3, -0.25) is 0 Å². The Balaban J connectivity index is 2.01. The normalized spacial score (nSPS) is 10.3. The van der Waals surface area contributed by atoms with Crippen molar-refractivity contribution < 1.29 is 4.52 Å². The highest BCUT2D eigenvalue weighted by molar-refractivity contribution is 5.62. The first-order valence-corrected chi connectivity index (χ1v) is 6.46. The molecule has 5 heteroatoms. The molecule has 2 heterocycles. The van der Waals surface area contributed by atoms with Gasteiger partial charge in [0.25, 0.3) is 5.89 Å². The molecule has 0 aliphatic rings. The first-order chi connectivity index (χ1) is 10.2. The predicted molar refractivity (Wildman–Crippen MR) is 77.2 cm³/mol. The molecule has 0 radical (unpaired) electrons. The Hall–Kier alpha value is -3.00. The third kappa shape index (κ3) is 2.51. The second kappa shape index (κ2) is 5.17. The van der Waals surface area contributed by atoms with Crippen LogP contribution in [0.15, 0.2) is 40.9 Å². The molecule has 3 rings (SSSR count). The molecule has 0 amide bonds. The van der Waals surface area contributed by atoms with Crippen molar-refractivity contribution in [3.05, 3.63) is 53.2 Å². The van der Waals surface area contributed by atoms with Crippen LogP contribution in [0.5, 0.6) is 0 Å². The molecule has 0 bridgehead atoms. The highest BCUT2D eigenvalue weighted by atomic mass is 16.5. The van der Waals surface area contributed by atoms with Crippen molar-refractivity contribution >= 4 is 0 Å². The van der Waals surface area contributed by atoms with Gasteiger partial charge in [0.15, 0.2) is 0 Å². The standard InChI is InChI=1S/C16H12N4O/c1-10-8-12(9-17)6-7-13(10)16-19-15(20-21-16)14-5-3-4-11(2)18-14/h3-8H,1-2H3. The van der Waals surface area contributed by atoms with E-state index in [9.17, 15) is 0 Å². The van der Waals surface area contributed by atoms with Gasteiger partial charge in [0.05, 0.1) is 11.6 Å². The first kappa shape index (κ1) is 13.0. The van der Waals surface area contributed by atoms with Crippen LogP contribution in [0, 0.1) is 25.2 Å².